The summed E-state index contributed by atoms with van der Waals surface area (Å²) in [6.07, 6.45) is 93.1. The van der Waals surface area contributed by atoms with Crippen LogP contribution in [0, 0.1) is 0 Å². The van der Waals surface area contributed by atoms with Gasteiger partial charge in [0, 0.05) is 12.8 Å². The van der Waals surface area contributed by atoms with Crippen molar-refractivity contribution >= 4 is 39.5 Å². The van der Waals surface area contributed by atoms with E-state index >= 15 is 0 Å². The van der Waals surface area contributed by atoms with Crippen molar-refractivity contribution in [2.24, 2.45) is 0 Å². The second-order valence-electron chi connectivity index (χ2n) is 24.5. The molecule has 0 saturated heterocycles. The van der Waals surface area contributed by atoms with Gasteiger partial charge in [-0.05, 0) is 154 Å². The highest BCUT2D eigenvalue weighted by Crippen LogP contribution is 2.45. The molecule has 0 aliphatic rings. The first-order chi connectivity index (χ1) is 50.7. The topological polar surface area (TPSA) is 237 Å². The predicted molar refractivity (Wildman–Crippen MR) is 426 cm³/mol. The van der Waals surface area contributed by atoms with Crippen LogP contribution in [0.3, 0.4) is 0 Å². The molecule has 5 atom stereocenters. The van der Waals surface area contributed by atoms with Crippen LogP contribution in [0.5, 0.6) is 0 Å². The van der Waals surface area contributed by atoms with Gasteiger partial charge in [-0.2, -0.15) is 0 Å². The van der Waals surface area contributed by atoms with Gasteiger partial charge in [-0.1, -0.05) is 273 Å². The normalized spacial score (nSPS) is 15.0. The zero-order chi connectivity index (χ0) is 76.0. The average molecular weight is 1490 g/mol. The largest absolute Gasteiger partial charge is 0.472 e. The van der Waals surface area contributed by atoms with E-state index in [1.54, 1.807) is 24.3 Å². The van der Waals surface area contributed by atoms with Crippen LogP contribution >= 0.6 is 15.6 Å². The first-order valence-electron chi connectivity index (χ1n) is 38.3. The van der Waals surface area contributed by atoms with Gasteiger partial charge in [0.1, 0.15) is 19.3 Å². The molecule has 0 spiro atoms. The Labute approximate surface area is 627 Å². The summed E-state index contributed by atoms with van der Waals surface area (Å²) in [6.45, 7) is 4.17. The van der Waals surface area contributed by atoms with Crippen molar-refractivity contribution in [2.75, 3.05) is 39.6 Å². The van der Waals surface area contributed by atoms with Gasteiger partial charge in [0.15, 0.2) is 12.2 Å². The minimum atomic E-state index is -5.03. The molecule has 5 unspecified atom stereocenters. The van der Waals surface area contributed by atoms with Crippen LogP contribution in [0.4, 0.5) is 0 Å². The maximum absolute atomic E-state index is 13.1. The summed E-state index contributed by atoms with van der Waals surface area (Å²) in [4.78, 5) is 72.8. The molecule has 3 N–H and O–H groups in total. The Morgan fingerprint density at radius 1 is 0.288 bits per heavy atom. The first-order valence-corrected chi connectivity index (χ1v) is 41.3. The van der Waals surface area contributed by atoms with Gasteiger partial charge in [-0.3, -0.25) is 37.3 Å². The molecule has 0 heterocycles. The molecule has 0 bridgehead atoms. The van der Waals surface area contributed by atoms with Crippen molar-refractivity contribution in [2.45, 2.75) is 264 Å². The number of esters is 4. The number of unbranched alkanes of at least 4 members (excludes halogenated alkanes) is 11. The minimum absolute atomic E-state index is 0.0578. The Morgan fingerprint density at radius 2 is 0.548 bits per heavy atom. The van der Waals surface area contributed by atoms with Gasteiger partial charge >= 0.3 is 39.5 Å². The maximum atomic E-state index is 13.1. The third-order valence-corrected chi connectivity index (χ3v) is 16.7. The lowest BCUT2D eigenvalue weighted by atomic mass is 10.1. The molecule has 0 amide bonds. The highest BCUT2D eigenvalue weighted by atomic mass is 31.2. The van der Waals surface area contributed by atoms with E-state index in [4.69, 9.17) is 37.0 Å². The molecule has 0 aromatic heterocycles. The highest BCUT2D eigenvalue weighted by molar-refractivity contribution is 7.47. The molecule has 19 heteroatoms. The quantitative estimate of drug-likeness (QED) is 0.0169. The van der Waals surface area contributed by atoms with Crippen LogP contribution in [-0.2, 0) is 65.4 Å². The van der Waals surface area contributed by atoms with Crippen molar-refractivity contribution < 1.29 is 80.2 Å². The highest BCUT2D eigenvalue weighted by Gasteiger charge is 2.30. The molecule has 0 aromatic carbocycles. The van der Waals surface area contributed by atoms with Gasteiger partial charge in [-0.15, -0.1) is 0 Å². The summed E-state index contributed by atoms with van der Waals surface area (Å²) in [5, 5.41) is 10.6. The number of hydrogen-bond donors (Lipinski definition) is 3. The lowest BCUT2D eigenvalue weighted by Gasteiger charge is -2.21. The van der Waals surface area contributed by atoms with E-state index in [0.29, 0.717) is 25.7 Å². The average Bonchev–Trinajstić information content (AvgIpc) is 0.918. The fourth-order valence-corrected chi connectivity index (χ4v) is 10.6. The lowest BCUT2D eigenvalue weighted by Crippen LogP contribution is -2.30. The van der Waals surface area contributed by atoms with Crippen LogP contribution < -0.4 is 0 Å². The maximum Gasteiger partial charge on any atom is 0.472 e. The van der Waals surface area contributed by atoms with E-state index in [1.165, 1.54) is 19.3 Å². The van der Waals surface area contributed by atoms with Crippen molar-refractivity contribution in [1.29, 1.82) is 0 Å². The molecular weight excluding hydrogens is 1350 g/mol. The van der Waals surface area contributed by atoms with Crippen molar-refractivity contribution in [3.05, 3.63) is 207 Å². The van der Waals surface area contributed by atoms with Crippen molar-refractivity contribution in [1.82, 2.24) is 0 Å². The van der Waals surface area contributed by atoms with Gasteiger partial charge in [0.2, 0.25) is 0 Å². The Balaban J connectivity index is 5.56. The monoisotopic (exact) mass is 1490 g/mol. The molecule has 0 saturated carbocycles. The summed E-state index contributed by atoms with van der Waals surface area (Å²) in [7, 11) is -10.0. The van der Waals surface area contributed by atoms with Crippen molar-refractivity contribution in [3.63, 3.8) is 0 Å². The van der Waals surface area contributed by atoms with Crippen LogP contribution in [0.25, 0.3) is 0 Å². The van der Waals surface area contributed by atoms with E-state index in [0.717, 1.165) is 148 Å². The molecule has 0 aliphatic carbocycles. The lowest BCUT2D eigenvalue weighted by molar-refractivity contribution is -0.161. The molecule has 584 valence electrons. The fraction of sp³-hybridized carbons (Fsp3) is 0.553. The number of allylic oxidation sites excluding steroid dienone is 32. The smallest absolute Gasteiger partial charge is 0.462 e. The number of aliphatic hydroxyl groups excluding tert-OH is 1. The summed E-state index contributed by atoms with van der Waals surface area (Å²) < 4.78 is 68.2. The van der Waals surface area contributed by atoms with Crippen LogP contribution in [0.1, 0.15) is 246 Å². The van der Waals surface area contributed by atoms with E-state index < -0.39 is 97.5 Å². The summed E-state index contributed by atoms with van der Waals surface area (Å²) in [5.41, 5.74) is 0. The van der Waals surface area contributed by atoms with Crippen LogP contribution in [-0.4, -0.2) is 96.7 Å². The van der Waals surface area contributed by atoms with E-state index in [9.17, 15) is 43.2 Å². The van der Waals surface area contributed by atoms with Gasteiger partial charge in [0.05, 0.1) is 39.3 Å². The Morgan fingerprint density at radius 3 is 0.904 bits per heavy atom. The number of aliphatic hydroxyl groups is 1. The molecule has 0 rings (SSSR count). The summed E-state index contributed by atoms with van der Waals surface area (Å²) in [5.74, 6) is -2.55. The molecular formula is C85H132O17P2. The SMILES string of the molecule is CC/C=C\C/C=C\C/C=C\C/C=C\C/C=C\CCCCCC(=O)OCC(COP(=O)(O)OCC(O)COP(=O)(O)OCC(COC(=O)C/C=C\C/C=C\C/C=C\C/C=C\C/C=C\CC)OC(=O)C/C=C\C/C=C\C/C=C\C/C=C\C/C=C\CC)OC(=O)CCCCCCC/C=C\C/C=C\CCCCC. The molecule has 0 radical (unpaired) electrons. The Bertz CT molecular complexity index is 2790. The summed E-state index contributed by atoms with van der Waals surface area (Å²) in [6, 6.07) is 0. The number of carbonyl (C=O) groups is 4. The number of carbonyl (C=O) groups excluding carboxylic acids is 4. The summed E-state index contributed by atoms with van der Waals surface area (Å²) >= 11 is 0. The second-order valence-corrected chi connectivity index (χ2v) is 27.4. The zero-order valence-electron chi connectivity index (χ0n) is 63.6. The zero-order valence-corrected chi connectivity index (χ0v) is 65.4. The standard InChI is InChI=1S/C85H132O17P2/c1-5-9-13-17-21-25-29-33-37-38-39-40-44-46-50-54-58-62-66-70-83(88)96-76-81(102-85(90)72-68-64-60-56-52-48-43-36-32-28-24-20-16-12-8-4)78-100-104(93,94)98-74-79(86)73-97-103(91,92)99-77-80(101-84(89)71-67-63-59-55-51-47-42-35-31-27-23-19-15-11-7-3)75-95-82(87)69-65-61-57-53-49-45-41-34-30-26-22-18-14-10-6-2/h9-11,13-15,21-28,33-37,39-43,46,49-51,53,55,61,63,65,67,79-81,86H,5-8,12,16-20,29-32,38,44-45,47-48,52,54,56-60,62,64,66,68-78H2,1-4H3,(H,91,92)(H,93,94)/b13-9-,14-10-,15-11-,25-21-,26-22-,27-23-,28-24-,37-33-,40-39-,41-34-,42-35-,43-36-,50-46-,53-49-,55-51-,65-61-,67-63-. The number of rotatable bonds is 69. The van der Waals surface area contributed by atoms with Crippen LogP contribution in [0.15, 0.2) is 207 Å². The Hall–Kier alpha value is -6.36. The van der Waals surface area contributed by atoms with E-state index in [2.05, 4.69) is 186 Å². The van der Waals surface area contributed by atoms with E-state index in [1.807, 2.05) is 24.3 Å². The number of phosphoric ester groups is 2. The minimum Gasteiger partial charge on any atom is -0.462 e. The molecule has 0 aliphatic heterocycles. The van der Waals surface area contributed by atoms with E-state index in [-0.39, 0.29) is 25.7 Å². The van der Waals surface area contributed by atoms with Gasteiger partial charge < -0.3 is 33.8 Å². The van der Waals surface area contributed by atoms with Gasteiger partial charge in [-0.25, -0.2) is 9.13 Å². The first kappa shape index (κ1) is 97.6. The van der Waals surface area contributed by atoms with Crippen molar-refractivity contribution in [3.8, 4) is 0 Å². The third-order valence-electron chi connectivity index (χ3n) is 14.8. The second kappa shape index (κ2) is 74.9. The molecule has 104 heavy (non-hydrogen) atoms. The predicted octanol–water partition coefficient (Wildman–Crippen LogP) is 22.3. The number of ether oxygens (including phenoxy) is 4. The van der Waals surface area contributed by atoms with Gasteiger partial charge in [0.25, 0.3) is 0 Å². The number of phosphoric acid groups is 2. The molecule has 0 fully saturated rings. The Kier molecular flexibility index (Phi) is 70.3. The van der Waals surface area contributed by atoms with Crippen LogP contribution in [0.2, 0.25) is 0 Å². The molecule has 0 aromatic rings. The number of hydrogen-bond acceptors (Lipinski definition) is 15. The third kappa shape index (κ3) is 73.9. The molecule has 17 nitrogen and oxygen atoms in total. The fourth-order valence-electron chi connectivity index (χ4n) is 9.07.